The van der Waals surface area contributed by atoms with E-state index in [1.807, 2.05) is 26.0 Å². The minimum Gasteiger partial charge on any atom is -0.115 e. The molecule has 0 heterocycles. The fourth-order valence-corrected chi connectivity index (χ4v) is 0.346. The van der Waals surface area contributed by atoms with E-state index in [-0.39, 0.29) is 0 Å². The summed E-state index contributed by atoms with van der Waals surface area (Å²) in [6.07, 6.45) is 13.9. The average molecular weight is 130 g/mol. The largest absolute Gasteiger partial charge is 0.115 e. The maximum Gasteiger partial charge on any atom is -0.00132 e. The number of hydrogen-bond donors (Lipinski definition) is 0. The van der Waals surface area contributed by atoms with Gasteiger partial charge in [-0.15, -0.1) is 12.8 Å². The molecular weight excluding hydrogens is 120 g/mol. The molecule has 0 aliphatic heterocycles. The van der Waals surface area contributed by atoms with Crippen molar-refractivity contribution in [2.45, 2.75) is 13.8 Å². The van der Waals surface area contributed by atoms with E-state index in [2.05, 4.69) is 11.8 Å². The van der Waals surface area contributed by atoms with Crippen LogP contribution in [0, 0.1) is 24.7 Å². The Morgan fingerprint density at radius 1 is 1.00 bits per heavy atom. The molecule has 0 saturated heterocycles. The highest BCUT2D eigenvalue weighted by atomic mass is 13.8. The van der Waals surface area contributed by atoms with Crippen molar-refractivity contribution in [1.29, 1.82) is 0 Å². The fraction of sp³-hybridized carbons (Fsp3) is 0.200. The maximum atomic E-state index is 5.10. The minimum atomic E-state index is 0.884. The summed E-state index contributed by atoms with van der Waals surface area (Å²) in [7, 11) is 0. The molecule has 0 atom stereocenters. The van der Waals surface area contributed by atoms with Crippen LogP contribution in [-0.4, -0.2) is 0 Å². The van der Waals surface area contributed by atoms with E-state index >= 15 is 0 Å². The van der Waals surface area contributed by atoms with Gasteiger partial charge in [-0.05, 0) is 25.0 Å². The second kappa shape index (κ2) is 4.48. The van der Waals surface area contributed by atoms with Crippen molar-refractivity contribution >= 4 is 0 Å². The van der Waals surface area contributed by atoms with Gasteiger partial charge in [-0.2, -0.15) is 0 Å². The van der Waals surface area contributed by atoms with E-state index < -0.39 is 0 Å². The zero-order chi connectivity index (χ0) is 7.98. The van der Waals surface area contributed by atoms with Crippen LogP contribution in [0.1, 0.15) is 13.8 Å². The van der Waals surface area contributed by atoms with Gasteiger partial charge in [0.25, 0.3) is 0 Å². The third kappa shape index (κ3) is 3.58. The number of allylic oxidation sites excluding steroid dienone is 4. The molecule has 0 saturated carbocycles. The van der Waals surface area contributed by atoms with E-state index in [9.17, 15) is 0 Å². The maximum absolute atomic E-state index is 5.10. The monoisotopic (exact) mass is 130 g/mol. The molecular formula is C10H10. The van der Waals surface area contributed by atoms with Crippen LogP contribution in [0.2, 0.25) is 0 Å². The SMILES string of the molecule is C#CC(C)=CC=C(C)C#C. The Morgan fingerprint density at radius 3 is 1.50 bits per heavy atom. The highest BCUT2D eigenvalue weighted by molar-refractivity contribution is 5.33. The molecule has 0 nitrogen and oxygen atoms in total. The standard InChI is InChI=1S/C10H10/c1-5-9(3)7-8-10(4)6-2/h1-2,7-8H,3-4H3. The van der Waals surface area contributed by atoms with Crippen LogP contribution < -0.4 is 0 Å². The van der Waals surface area contributed by atoms with Crippen LogP contribution in [0.5, 0.6) is 0 Å². The van der Waals surface area contributed by atoms with Crippen molar-refractivity contribution in [3.8, 4) is 24.7 Å². The van der Waals surface area contributed by atoms with E-state index in [4.69, 9.17) is 12.8 Å². The van der Waals surface area contributed by atoms with Gasteiger partial charge in [-0.25, -0.2) is 0 Å². The van der Waals surface area contributed by atoms with Crippen LogP contribution in [0.4, 0.5) is 0 Å². The Hall–Kier alpha value is -1.40. The highest BCUT2D eigenvalue weighted by Gasteiger charge is 1.77. The Labute approximate surface area is 62.6 Å². The first-order valence-corrected chi connectivity index (χ1v) is 2.99. The Bertz CT molecular complexity index is 210. The topological polar surface area (TPSA) is 0 Å². The molecule has 0 N–H and O–H groups in total. The first kappa shape index (κ1) is 8.60. The summed E-state index contributed by atoms with van der Waals surface area (Å²) in [6.45, 7) is 3.72. The van der Waals surface area contributed by atoms with Crippen LogP contribution >= 0.6 is 0 Å². The van der Waals surface area contributed by atoms with Crippen molar-refractivity contribution in [2.24, 2.45) is 0 Å². The molecule has 0 spiro atoms. The van der Waals surface area contributed by atoms with Crippen molar-refractivity contribution in [3.63, 3.8) is 0 Å². The predicted octanol–water partition coefficient (Wildman–Crippen LogP) is 2.15. The van der Waals surface area contributed by atoms with Gasteiger partial charge < -0.3 is 0 Å². The number of terminal acetylenes is 2. The van der Waals surface area contributed by atoms with Gasteiger partial charge in [-0.1, -0.05) is 24.0 Å². The van der Waals surface area contributed by atoms with Gasteiger partial charge in [-0.3, -0.25) is 0 Å². The van der Waals surface area contributed by atoms with Crippen molar-refractivity contribution in [3.05, 3.63) is 23.3 Å². The molecule has 10 heavy (non-hydrogen) atoms. The fourth-order valence-electron chi connectivity index (χ4n) is 0.346. The van der Waals surface area contributed by atoms with Crippen molar-refractivity contribution in [2.75, 3.05) is 0 Å². The summed E-state index contributed by atoms with van der Waals surface area (Å²) in [5.74, 6) is 4.98. The quantitative estimate of drug-likeness (QED) is 0.377. The molecule has 0 rings (SSSR count). The Morgan fingerprint density at radius 2 is 1.30 bits per heavy atom. The van der Waals surface area contributed by atoms with E-state index in [1.54, 1.807) is 0 Å². The molecule has 0 aliphatic carbocycles. The molecule has 0 unspecified atom stereocenters. The summed E-state index contributed by atoms with van der Waals surface area (Å²) in [5, 5.41) is 0. The molecule has 0 aliphatic rings. The van der Waals surface area contributed by atoms with E-state index in [0.717, 1.165) is 11.1 Å². The average Bonchev–Trinajstić information content (AvgIpc) is 1.99. The Kier molecular flexibility index (Phi) is 3.85. The lowest BCUT2D eigenvalue weighted by Gasteiger charge is -1.83. The third-order valence-corrected chi connectivity index (χ3v) is 1.04. The normalized spacial score (nSPS) is 12.0. The molecule has 0 aromatic carbocycles. The van der Waals surface area contributed by atoms with Gasteiger partial charge in [0.05, 0.1) is 0 Å². The van der Waals surface area contributed by atoms with Gasteiger partial charge >= 0.3 is 0 Å². The first-order valence-electron chi connectivity index (χ1n) is 2.99. The molecule has 0 fully saturated rings. The van der Waals surface area contributed by atoms with Crippen LogP contribution in [0.25, 0.3) is 0 Å². The van der Waals surface area contributed by atoms with Crippen molar-refractivity contribution < 1.29 is 0 Å². The summed E-state index contributed by atoms with van der Waals surface area (Å²) < 4.78 is 0. The molecule has 0 heteroatoms. The van der Waals surface area contributed by atoms with Crippen LogP contribution in [0.3, 0.4) is 0 Å². The molecule has 0 radical (unpaired) electrons. The van der Waals surface area contributed by atoms with Crippen molar-refractivity contribution in [1.82, 2.24) is 0 Å². The van der Waals surface area contributed by atoms with Gasteiger partial charge in [0.2, 0.25) is 0 Å². The Balaban J connectivity index is 4.25. The summed E-state index contributed by atoms with van der Waals surface area (Å²) in [4.78, 5) is 0. The van der Waals surface area contributed by atoms with E-state index in [1.165, 1.54) is 0 Å². The third-order valence-electron chi connectivity index (χ3n) is 1.04. The number of rotatable bonds is 1. The first-order chi connectivity index (χ1) is 4.70. The zero-order valence-corrected chi connectivity index (χ0v) is 6.31. The highest BCUT2D eigenvalue weighted by Crippen LogP contribution is 1.94. The lowest BCUT2D eigenvalue weighted by atomic mass is 10.2. The molecule has 0 bridgehead atoms. The molecule has 0 amide bonds. The zero-order valence-electron chi connectivity index (χ0n) is 6.31. The molecule has 50 valence electrons. The predicted molar refractivity (Wildman–Crippen MR) is 45.2 cm³/mol. The summed E-state index contributed by atoms with van der Waals surface area (Å²) >= 11 is 0. The van der Waals surface area contributed by atoms with Gasteiger partial charge in [0.15, 0.2) is 0 Å². The van der Waals surface area contributed by atoms with Crippen LogP contribution in [-0.2, 0) is 0 Å². The number of hydrogen-bond acceptors (Lipinski definition) is 0. The lowest BCUT2D eigenvalue weighted by molar-refractivity contribution is 1.53. The van der Waals surface area contributed by atoms with Gasteiger partial charge in [0.1, 0.15) is 0 Å². The minimum absolute atomic E-state index is 0.884. The summed E-state index contributed by atoms with van der Waals surface area (Å²) in [6, 6.07) is 0. The van der Waals surface area contributed by atoms with E-state index in [0.29, 0.717) is 0 Å². The lowest BCUT2D eigenvalue weighted by Crippen LogP contribution is -1.67. The van der Waals surface area contributed by atoms with Gasteiger partial charge in [0, 0.05) is 0 Å². The summed E-state index contributed by atoms with van der Waals surface area (Å²) in [5.41, 5.74) is 1.77. The smallest absolute Gasteiger partial charge is 0.00132 e. The molecule has 0 aromatic rings. The van der Waals surface area contributed by atoms with Crippen LogP contribution in [0.15, 0.2) is 23.3 Å². The second-order valence-corrected chi connectivity index (χ2v) is 1.99. The second-order valence-electron chi connectivity index (χ2n) is 1.99. The molecule has 0 aromatic heterocycles.